The zero-order chi connectivity index (χ0) is 14.7. The number of nitrogens with zero attached hydrogens (tertiary/aromatic N) is 1. The molecule has 0 saturated heterocycles. The van der Waals surface area contributed by atoms with E-state index in [-0.39, 0.29) is 18.2 Å². The maximum Gasteiger partial charge on any atom is 0.328 e. The van der Waals surface area contributed by atoms with E-state index in [4.69, 9.17) is 4.42 Å². The summed E-state index contributed by atoms with van der Waals surface area (Å²) in [6, 6.07) is 3.20. The number of carbonyl (C=O) groups is 1. The Hall–Kier alpha value is -2.57. The third kappa shape index (κ3) is 2.87. The van der Waals surface area contributed by atoms with Crippen LogP contribution in [-0.4, -0.2) is 21.5 Å². The summed E-state index contributed by atoms with van der Waals surface area (Å²) in [6.45, 7) is 3.54. The third-order valence-corrected chi connectivity index (χ3v) is 2.62. The van der Waals surface area contributed by atoms with Crippen molar-refractivity contribution in [1.82, 2.24) is 14.9 Å². The SMILES string of the molecule is CC(C)NC(=O)c1c[nH]c(=O)n(Cc2ccco2)c1=O. The van der Waals surface area contributed by atoms with Gasteiger partial charge in [-0.15, -0.1) is 0 Å². The summed E-state index contributed by atoms with van der Waals surface area (Å²) in [5.41, 5.74) is -1.35. The predicted molar refractivity (Wildman–Crippen MR) is 71.7 cm³/mol. The van der Waals surface area contributed by atoms with Crippen LogP contribution < -0.4 is 16.6 Å². The first kappa shape index (κ1) is 13.9. The minimum atomic E-state index is -0.650. The second-order valence-electron chi connectivity index (χ2n) is 4.61. The Kier molecular flexibility index (Phi) is 3.88. The molecule has 0 aliphatic carbocycles. The lowest BCUT2D eigenvalue weighted by molar-refractivity contribution is 0.0940. The van der Waals surface area contributed by atoms with Gasteiger partial charge >= 0.3 is 5.69 Å². The summed E-state index contributed by atoms with van der Waals surface area (Å²) in [7, 11) is 0. The zero-order valence-corrected chi connectivity index (χ0v) is 11.2. The summed E-state index contributed by atoms with van der Waals surface area (Å²) < 4.78 is 6.02. The van der Waals surface area contributed by atoms with Crippen LogP contribution in [0.25, 0.3) is 0 Å². The number of nitrogens with one attached hydrogen (secondary N) is 2. The van der Waals surface area contributed by atoms with E-state index in [9.17, 15) is 14.4 Å². The van der Waals surface area contributed by atoms with Crippen LogP contribution in [0.4, 0.5) is 0 Å². The fraction of sp³-hybridized carbons (Fsp3) is 0.308. The number of carbonyl (C=O) groups excluding carboxylic acids is 1. The molecule has 0 aliphatic heterocycles. The molecular weight excluding hydrogens is 262 g/mol. The van der Waals surface area contributed by atoms with Gasteiger partial charge < -0.3 is 14.7 Å². The highest BCUT2D eigenvalue weighted by atomic mass is 16.3. The summed E-state index contributed by atoms with van der Waals surface area (Å²) >= 11 is 0. The molecule has 0 fully saturated rings. The number of rotatable bonds is 4. The molecule has 7 nitrogen and oxygen atoms in total. The highest BCUT2D eigenvalue weighted by Gasteiger charge is 2.15. The second kappa shape index (κ2) is 5.60. The molecule has 0 bridgehead atoms. The number of aromatic nitrogens is 2. The molecule has 20 heavy (non-hydrogen) atoms. The van der Waals surface area contributed by atoms with Gasteiger partial charge in [0.05, 0.1) is 12.8 Å². The molecule has 106 valence electrons. The maximum atomic E-state index is 12.2. The van der Waals surface area contributed by atoms with Crippen molar-refractivity contribution in [2.45, 2.75) is 26.4 Å². The van der Waals surface area contributed by atoms with E-state index in [2.05, 4.69) is 10.3 Å². The molecule has 0 unspecified atom stereocenters. The van der Waals surface area contributed by atoms with E-state index in [1.165, 1.54) is 6.26 Å². The summed E-state index contributed by atoms with van der Waals surface area (Å²) in [6.07, 6.45) is 2.57. The van der Waals surface area contributed by atoms with Gasteiger partial charge in [-0.25, -0.2) is 4.79 Å². The Bertz CT molecular complexity index is 710. The van der Waals surface area contributed by atoms with Crippen LogP contribution in [-0.2, 0) is 6.54 Å². The van der Waals surface area contributed by atoms with E-state index in [0.717, 1.165) is 10.8 Å². The molecule has 7 heteroatoms. The molecule has 0 saturated carbocycles. The summed E-state index contributed by atoms with van der Waals surface area (Å²) in [5, 5.41) is 2.61. The molecule has 2 aromatic rings. The maximum absolute atomic E-state index is 12.2. The van der Waals surface area contributed by atoms with Crippen LogP contribution in [0.15, 0.2) is 38.6 Å². The quantitative estimate of drug-likeness (QED) is 0.840. The molecule has 0 spiro atoms. The second-order valence-corrected chi connectivity index (χ2v) is 4.61. The molecule has 0 radical (unpaired) electrons. The molecule has 1 amide bonds. The first-order valence-electron chi connectivity index (χ1n) is 6.15. The molecule has 0 atom stereocenters. The molecule has 2 heterocycles. The van der Waals surface area contributed by atoms with Gasteiger partial charge in [-0.05, 0) is 26.0 Å². The number of aromatic amines is 1. The lowest BCUT2D eigenvalue weighted by Gasteiger charge is -2.09. The van der Waals surface area contributed by atoms with E-state index in [1.807, 2.05) is 0 Å². The fourth-order valence-electron chi connectivity index (χ4n) is 1.72. The Balaban J connectivity index is 2.40. The molecule has 0 aromatic carbocycles. The van der Waals surface area contributed by atoms with Crippen LogP contribution in [0.1, 0.15) is 30.0 Å². The molecule has 0 aliphatic rings. The summed E-state index contributed by atoms with van der Waals surface area (Å²) in [4.78, 5) is 38.1. The largest absolute Gasteiger partial charge is 0.467 e. The Labute approximate surface area is 114 Å². The van der Waals surface area contributed by atoms with Crippen LogP contribution >= 0.6 is 0 Å². The smallest absolute Gasteiger partial charge is 0.328 e. The Morgan fingerprint density at radius 2 is 2.20 bits per heavy atom. The Morgan fingerprint density at radius 3 is 2.80 bits per heavy atom. The topological polar surface area (TPSA) is 97.1 Å². The molecular formula is C13H15N3O4. The van der Waals surface area contributed by atoms with Crippen molar-refractivity contribution in [3.8, 4) is 0 Å². The van der Waals surface area contributed by atoms with E-state index in [0.29, 0.717) is 5.76 Å². The average Bonchev–Trinajstić information content (AvgIpc) is 2.86. The van der Waals surface area contributed by atoms with Crippen molar-refractivity contribution in [1.29, 1.82) is 0 Å². The van der Waals surface area contributed by atoms with Gasteiger partial charge in [0.15, 0.2) is 0 Å². The Morgan fingerprint density at radius 1 is 1.45 bits per heavy atom. The van der Waals surface area contributed by atoms with Crippen molar-refractivity contribution < 1.29 is 9.21 Å². The van der Waals surface area contributed by atoms with Crippen molar-refractivity contribution in [3.05, 3.63) is 56.8 Å². The van der Waals surface area contributed by atoms with Crippen LogP contribution in [0.5, 0.6) is 0 Å². The van der Waals surface area contributed by atoms with Gasteiger partial charge in [0.1, 0.15) is 11.3 Å². The number of H-pyrrole nitrogens is 1. The van der Waals surface area contributed by atoms with Crippen molar-refractivity contribution in [2.75, 3.05) is 0 Å². The monoisotopic (exact) mass is 277 g/mol. The van der Waals surface area contributed by atoms with Crippen LogP contribution in [0, 0.1) is 0 Å². The lowest BCUT2D eigenvalue weighted by Crippen LogP contribution is -2.42. The van der Waals surface area contributed by atoms with Crippen molar-refractivity contribution in [2.24, 2.45) is 0 Å². The van der Waals surface area contributed by atoms with Crippen molar-refractivity contribution in [3.63, 3.8) is 0 Å². The van der Waals surface area contributed by atoms with Gasteiger partial charge in [-0.3, -0.25) is 14.2 Å². The fourth-order valence-corrected chi connectivity index (χ4v) is 1.72. The number of furan rings is 1. The van der Waals surface area contributed by atoms with Gasteiger partial charge in [-0.1, -0.05) is 0 Å². The van der Waals surface area contributed by atoms with E-state index in [1.54, 1.807) is 26.0 Å². The highest BCUT2D eigenvalue weighted by Crippen LogP contribution is 2.00. The number of hydrogen-bond acceptors (Lipinski definition) is 4. The van der Waals surface area contributed by atoms with Gasteiger partial charge in [0.25, 0.3) is 11.5 Å². The molecule has 2 rings (SSSR count). The first-order valence-corrected chi connectivity index (χ1v) is 6.15. The first-order chi connectivity index (χ1) is 9.49. The molecule has 2 N–H and O–H groups in total. The van der Waals surface area contributed by atoms with Crippen molar-refractivity contribution >= 4 is 5.91 Å². The summed E-state index contributed by atoms with van der Waals surface area (Å²) in [5.74, 6) is -0.0616. The highest BCUT2D eigenvalue weighted by molar-refractivity contribution is 5.93. The van der Waals surface area contributed by atoms with Gasteiger partial charge in [0, 0.05) is 12.2 Å². The number of amides is 1. The average molecular weight is 277 g/mol. The predicted octanol–water partition coefficient (Wildman–Crippen LogP) is 0.316. The normalized spacial score (nSPS) is 10.8. The standard InChI is InChI=1S/C13H15N3O4/c1-8(2)15-11(17)10-6-14-13(19)16(12(10)18)7-9-4-3-5-20-9/h3-6,8H,7H2,1-2H3,(H,14,19)(H,15,17). The zero-order valence-electron chi connectivity index (χ0n) is 11.2. The number of hydrogen-bond donors (Lipinski definition) is 2. The lowest BCUT2D eigenvalue weighted by atomic mass is 10.3. The minimum absolute atomic E-state index is 0.0238. The third-order valence-electron chi connectivity index (χ3n) is 2.62. The van der Waals surface area contributed by atoms with Crippen LogP contribution in [0.2, 0.25) is 0 Å². The minimum Gasteiger partial charge on any atom is -0.467 e. The van der Waals surface area contributed by atoms with E-state index < -0.39 is 17.2 Å². The van der Waals surface area contributed by atoms with Gasteiger partial charge in [-0.2, -0.15) is 0 Å². The van der Waals surface area contributed by atoms with E-state index >= 15 is 0 Å². The van der Waals surface area contributed by atoms with Crippen LogP contribution in [0.3, 0.4) is 0 Å². The molecule has 2 aromatic heterocycles. The van der Waals surface area contributed by atoms with Gasteiger partial charge in [0.2, 0.25) is 0 Å².